The highest BCUT2D eigenvalue weighted by Gasteiger charge is 2.33. The third-order valence-electron chi connectivity index (χ3n) is 6.65. The van der Waals surface area contributed by atoms with Crippen molar-refractivity contribution in [2.45, 2.75) is 38.0 Å². The predicted octanol–water partition coefficient (Wildman–Crippen LogP) is 3.90. The number of fused-ring (bicyclic) bond motifs is 7. The number of hydrogen-bond acceptors (Lipinski definition) is 5. The van der Waals surface area contributed by atoms with Crippen LogP contribution in [-0.4, -0.2) is 50.0 Å². The molecule has 5 heteroatoms. The van der Waals surface area contributed by atoms with Gasteiger partial charge >= 0.3 is 0 Å². The van der Waals surface area contributed by atoms with Gasteiger partial charge in [-0.25, -0.2) is 0 Å². The Bertz CT molecular complexity index is 1090. The van der Waals surface area contributed by atoms with Gasteiger partial charge in [0.15, 0.2) is 11.5 Å². The molecule has 5 nitrogen and oxygen atoms in total. The molecule has 5 rings (SSSR count). The van der Waals surface area contributed by atoms with Crippen molar-refractivity contribution in [3.63, 3.8) is 0 Å². The first kappa shape index (κ1) is 18.5. The van der Waals surface area contributed by atoms with Gasteiger partial charge < -0.3 is 19.3 Å². The van der Waals surface area contributed by atoms with Crippen molar-refractivity contribution < 1.29 is 19.3 Å². The summed E-state index contributed by atoms with van der Waals surface area (Å²) in [5.74, 6) is 2.34. The van der Waals surface area contributed by atoms with E-state index < -0.39 is 0 Å². The molecule has 1 N–H and O–H groups in total. The molecule has 2 heterocycles. The minimum atomic E-state index is -0.219. The van der Waals surface area contributed by atoms with Crippen LogP contribution in [0.15, 0.2) is 30.3 Å². The maximum atomic E-state index is 10.2. The predicted molar refractivity (Wildman–Crippen MR) is 114 cm³/mol. The van der Waals surface area contributed by atoms with Gasteiger partial charge in [0.2, 0.25) is 0 Å². The number of benzene rings is 3. The monoisotopic (exact) mass is 393 g/mol. The number of aliphatic hydroxyl groups is 1. The summed E-state index contributed by atoms with van der Waals surface area (Å²) >= 11 is 0. The van der Waals surface area contributed by atoms with Crippen molar-refractivity contribution in [1.29, 1.82) is 0 Å². The standard InChI is InChI=1S/C24H27NO4/c1-27-16-6-7-17-19(9-16)21-11-24(29-3)23(28-2)10-20(21)18-8-14-4-5-15(26)12-25(14)13-22(17)18/h6-7,9-11,14-15,26H,4-5,8,12-13H2,1-3H3/t14-,15-/m1/s1. The van der Waals surface area contributed by atoms with E-state index in [2.05, 4.69) is 29.2 Å². The lowest BCUT2D eigenvalue weighted by atomic mass is 9.82. The lowest BCUT2D eigenvalue weighted by molar-refractivity contribution is 0.0256. The molecule has 152 valence electrons. The van der Waals surface area contributed by atoms with Crippen LogP contribution < -0.4 is 14.2 Å². The summed E-state index contributed by atoms with van der Waals surface area (Å²) in [6.45, 7) is 1.62. The van der Waals surface area contributed by atoms with Gasteiger partial charge in [0.05, 0.1) is 27.4 Å². The zero-order chi connectivity index (χ0) is 20.1. The molecular formula is C24H27NO4. The Labute approximate surface area is 170 Å². The Hall–Kier alpha value is -2.50. The highest BCUT2D eigenvalue weighted by Crippen LogP contribution is 2.44. The maximum absolute atomic E-state index is 10.2. The Morgan fingerprint density at radius 2 is 1.55 bits per heavy atom. The van der Waals surface area contributed by atoms with Gasteiger partial charge in [0.1, 0.15) is 5.75 Å². The molecule has 0 radical (unpaired) electrons. The SMILES string of the molecule is COc1ccc2c3c(c4cc(OC)c(OC)cc4c2c1)C[C@H]1CC[C@@H](O)CN1C3. The zero-order valence-corrected chi connectivity index (χ0v) is 17.2. The van der Waals surface area contributed by atoms with Gasteiger partial charge in [-0.1, -0.05) is 6.07 Å². The fourth-order valence-electron chi connectivity index (χ4n) is 5.17. The van der Waals surface area contributed by atoms with Crippen molar-refractivity contribution in [1.82, 2.24) is 4.90 Å². The molecule has 0 saturated carbocycles. The summed E-state index contributed by atoms with van der Waals surface area (Å²) < 4.78 is 16.7. The molecule has 0 unspecified atom stereocenters. The number of ether oxygens (including phenoxy) is 3. The van der Waals surface area contributed by atoms with Gasteiger partial charge in [0, 0.05) is 19.1 Å². The summed E-state index contributed by atoms with van der Waals surface area (Å²) in [6.07, 6.45) is 2.70. The molecule has 3 aromatic carbocycles. The molecule has 0 aliphatic carbocycles. The maximum Gasteiger partial charge on any atom is 0.161 e. The molecule has 2 atom stereocenters. The minimum Gasteiger partial charge on any atom is -0.497 e. The lowest BCUT2D eigenvalue weighted by Crippen LogP contribution is -2.48. The van der Waals surface area contributed by atoms with Crippen LogP contribution in [0.5, 0.6) is 17.2 Å². The summed E-state index contributed by atoms with van der Waals surface area (Å²) in [7, 11) is 5.06. The summed E-state index contributed by atoms with van der Waals surface area (Å²) in [4.78, 5) is 2.45. The number of nitrogens with zero attached hydrogens (tertiary/aromatic N) is 1. The summed E-state index contributed by atoms with van der Waals surface area (Å²) in [5, 5.41) is 15.0. The van der Waals surface area contributed by atoms with Crippen LogP contribution in [0, 0.1) is 0 Å². The molecule has 2 aliphatic rings. The van der Waals surface area contributed by atoms with Crippen molar-refractivity contribution in [3.05, 3.63) is 41.5 Å². The first-order valence-electron chi connectivity index (χ1n) is 10.2. The molecule has 29 heavy (non-hydrogen) atoms. The van der Waals surface area contributed by atoms with Crippen LogP contribution in [0.2, 0.25) is 0 Å². The average Bonchev–Trinajstić information content (AvgIpc) is 2.76. The second-order valence-electron chi connectivity index (χ2n) is 8.14. The van der Waals surface area contributed by atoms with Crippen molar-refractivity contribution >= 4 is 21.5 Å². The van der Waals surface area contributed by atoms with E-state index in [1.54, 1.807) is 21.3 Å². The van der Waals surface area contributed by atoms with Gasteiger partial charge in [-0.05, 0) is 76.2 Å². The van der Waals surface area contributed by atoms with Crippen LogP contribution in [-0.2, 0) is 13.0 Å². The van der Waals surface area contributed by atoms with Crippen molar-refractivity contribution in [2.75, 3.05) is 27.9 Å². The number of piperidine rings is 1. The van der Waals surface area contributed by atoms with Crippen LogP contribution in [0.25, 0.3) is 21.5 Å². The Kier molecular flexibility index (Phi) is 4.52. The number of aliphatic hydroxyl groups excluding tert-OH is 1. The number of hydrogen-bond donors (Lipinski definition) is 1. The van der Waals surface area contributed by atoms with Gasteiger partial charge in [-0.15, -0.1) is 0 Å². The van der Waals surface area contributed by atoms with Gasteiger partial charge in [-0.2, -0.15) is 0 Å². The number of rotatable bonds is 3. The van der Waals surface area contributed by atoms with Crippen molar-refractivity contribution in [3.8, 4) is 17.2 Å². The molecule has 3 aromatic rings. The highest BCUT2D eigenvalue weighted by atomic mass is 16.5. The summed E-state index contributed by atoms with van der Waals surface area (Å²) in [6, 6.07) is 11.0. The molecule has 0 spiro atoms. The fourth-order valence-corrected chi connectivity index (χ4v) is 5.17. The van der Waals surface area contributed by atoms with E-state index in [4.69, 9.17) is 14.2 Å². The zero-order valence-electron chi connectivity index (χ0n) is 17.2. The van der Waals surface area contributed by atoms with E-state index >= 15 is 0 Å². The smallest absolute Gasteiger partial charge is 0.161 e. The van der Waals surface area contributed by atoms with Gasteiger partial charge in [0.25, 0.3) is 0 Å². The third-order valence-corrected chi connectivity index (χ3v) is 6.65. The second-order valence-corrected chi connectivity index (χ2v) is 8.14. The second kappa shape index (κ2) is 7.08. The molecule has 0 bridgehead atoms. The third kappa shape index (κ3) is 2.92. The quantitative estimate of drug-likeness (QED) is 0.684. The minimum absolute atomic E-state index is 0.219. The molecule has 1 fully saturated rings. The van der Waals surface area contributed by atoms with E-state index in [1.165, 1.54) is 27.3 Å². The highest BCUT2D eigenvalue weighted by molar-refractivity contribution is 6.12. The topological polar surface area (TPSA) is 51.2 Å². The Morgan fingerprint density at radius 3 is 2.28 bits per heavy atom. The lowest BCUT2D eigenvalue weighted by Gasteiger charge is -2.42. The molecule has 1 saturated heterocycles. The summed E-state index contributed by atoms with van der Waals surface area (Å²) in [5.41, 5.74) is 2.75. The van der Waals surface area contributed by atoms with E-state index in [0.29, 0.717) is 6.04 Å². The van der Waals surface area contributed by atoms with Crippen molar-refractivity contribution in [2.24, 2.45) is 0 Å². The fraction of sp³-hybridized carbons (Fsp3) is 0.417. The van der Waals surface area contributed by atoms with Gasteiger partial charge in [-0.3, -0.25) is 4.90 Å². The van der Waals surface area contributed by atoms with E-state index in [9.17, 15) is 5.11 Å². The van der Waals surface area contributed by atoms with Crippen LogP contribution in [0.1, 0.15) is 24.0 Å². The number of methoxy groups -OCH3 is 3. The normalized spacial score (nSPS) is 21.7. The van der Waals surface area contributed by atoms with E-state index in [1.807, 2.05) is 6.07 Å². The first-order valence-corrected chi connectivity index (χ1v) is 10.2. The van der Waals surface area contributed by atoms with E-state index in [-0.39, 0.29) is 6.10 Å². The van der Waals surface area contributed by atoms with Crippen LogP contribution >= 0.6 is 0 Å². The largest absolute Gasteiger partial charge is 0.497 e. The van der Waals surface area contributed by atoms with E-state index in [0.717, 1.165) is 55.0 Å². The molecule has 0 amide bonds. The van der Waals surface area contributed by atoms with Crippen LogP contribution in [0.4, 0.5) is 0 Å². The molecule has 2 aliphatic heterocycles. The average molecular weight is 393 g/mol. The molecular weight excluding hydrogens is 366 g/mol. The van der Waals surface area contributed by atoms with Crippen LogP contribution in [0.3, 0.4) is 0 Å². The first-order chi connectivity index (χ1) is 14.1. The Morgan fingerprint density at radius 1 is 0.828 bits per heavy atom. The molecule has 0 aromatic heterocycles. The Balaban J connectivity index is 1.82.